The highest BCUT2D eigenvalue weighted by Gasteiger charge is 2.25. The molecule has 2 aliphatic rings. The first-order valence-electron chi connectivity index (χ1n) is 11.7. The molecule has 2 fully saturated rings. The van der Waals surface area contributed by atoms with Gasteiger partial charge in [0.05, 0.1) is 6.20 Å². The lowest BCUT2D eigenvalue weighted by atomic mass is 9.92. The van der Waals surface area contributed by atoms with Gasteiger partial charge >= 0.3 is 0 Å². The molecule has 8 heteroatoms. The summed E-state index contributed by atoms with van der Waals surface area (Å²) >= 11 is 0. The van der Waals surface area contributed by atoms with Crippen molar-refractivity contribution in [2.75, 3.05) is 51.2 Å². The van der Waals surface area contributed by atoms with E-state index in [4.69, 9.17) is 9.97 Å². The molecule has 3 aromatic rings. The van der Waals surface area contributed by atoms with E-state index in [9.17, 15) is 4.39 Å². The maximum Gasteiger partial charge on any atom is 0.182 e. The first-order valence-corrected chi connectivity index (χ1v) is 11.7. The van der Waals surface area contributed by atoms with Crippen molar-refractivity contribution in [2.45, 2.75) is 25.3 Å². The van der Waals surface area contributed by atoms with E-state index in [1.807, 2.05) is 12.1 Å². The number of aromatic nitrogens is 4. The molecule has 0 radical (unpaired) electrons. The predicted octanol–water partition coefficient (Wildman–Crippen LogP) is 3.20. The van der Waals surface area contributed by atoms with Crippen LogP contribution in [0, 0.1) is 5.82 Å². The van der Waals surface area contributed by atoms with Crippen LogP contribution in [0.2, 0.25) is 0 Å². The van der Waals surface area contributed by atoms with Crippen LogP contribution >= 0.6 is 0 Å². The van der Waals surface area contributed by atoms with Crippen molar-refractivity contribution in [3.05, 3.63) is 66.0 Å². The Hall–Kier alpha value is -2.97. The summed E-state index contributed by atoms with van der Waals surface area (Å²) in [5.74, 6) is 1.85. The van der Waals surface area contributed by atoms with E-state index in [0.29, 0.717) is 24.0 Å². The molecular weight excluding hydrogens is 417 g/mol. The van der Waals surface area contributed by atoms with Crippen molar-refractivity contribution in [3.63, 3.8) is 0 Å². The fourth-order valence-corrected chi connectivity index (χ4v) is 4.64. The van der Waals surface area contributed by atoms with Crippen molar-refractivity contribution in [2.24, 2.45) is 0 Å². The van der Waals surface area contributed by atoms with E-state index in [-0.39, 0.29) is 5.82 Å². The summed E-state index contributed by atoms with van der Waals surface area (Å²) < 4.78 is 14.1. The molecule has 4 heterocycles. The van der Waals surface area contributed by atoms with Crippen LogP contribution in [0.4, 0.5) is 10.2 Å². The van der Waals surface area contributed by atoms with Crippen LogP contribution in [-0.2, 0) is 6.54 Å². The maximum atomic E-state index is 14.1. The predicted molar refractivity (Wildman–Crippen MR) is 126 cm³/mol. The number of piperidine rings is 1. The summed E-state index contributed by atoms with van der Waals surface area (Å²) in [6.45, 7) is 6.45. The normalized spacial score (nSPS) is 18.5. The zero-order valence-corrected chi connectivity index (χ0v) is 19.1. The van der Waals surface area contributed by atoms with Crippen molar-refractivity contribution in [3.8, 4) is 11.5 Å². The summed E-state index contributed by atoms with van der Waals surface area (Å²) in [7, 11) is 2.16. The van der Waals surface area contributed by atoms with Gasteiger partial charge in [0, 0.05) is 68.4 Å². The van der Waals surface area contributed by atoms with E-state index in [1.54, 1.807) is 24.7 Å². The van der Waals surface area contributed by atoms with Crippen LogP contribution in [0.25, 0.3) is 11.5 Å². The van der Waals surface area contributed by atoms with Crippen LogP contribution < -0.4 is 4.90 Å². The van der Waals surface area contributed by atoms with Gasteiger partial charge in [0.25, 0.3) is 0 Å². The standard InChI is InChI=1S/C25H30FN7/c1-31-12-14-33(15-13-31)24-16-22(29-25(30-24)23-17-27-8-9-28-23)19-6-10-32(11-7-19)18-20-4-2-3-5-21(20)26/h2-5,8-9,16-17,19H,6-7,10-15,18H2,1H3. The molecule has 7 nitrogen and oxygen atoms in total. The zero-order valence-electron chi connectivity index (χ0n) is 19.1. The molecule has 2 saturated heterocycles. The molecule has 2 aromatic heterocycles. The molecule has 33 heavy (non-hydrogen) atoms. The molecule has 0 aliphatic carbocycles. The molecule has 172 valence electrons. The molecule has 0 atom stereocenters. The third-order valence-corrected chi connectivity index (χ3v) is 6.71. The average Bonchev–Trinajstić information content (AvgIpc) is 2.87. The highest BCUT2D eigenvalue weighted by atomic mass is 19.1. The number of nitrogens with zero attached hydrogens (tertiary/aromatic N) is 7. The van der Waals surface area contributed by atoms with Crippen molar-refractivity contribution in [1.29, 1.82) is 0 Å². The molecule has 0 saturated carbocycles. The highest BCUT2D eigenvalue weighted by Crippen LogP contribution is 2.31. The first-order chi connectivity index (χ1) is 16.2. The van der Waals surface area contributed by atoms with Crippen LogP contribution in [0.1, 0.15) is 30.0 Å². The number of halogens is 1. The Kier molecular flexibility index (Phi) is 6.55. The van der Waals surface area contributed by atoms with Crippen LogP contribution in [-0.4, -0.2) is 76.1 Å². The third-order valence-electron chi connectivity index (χ3n) is 6.71. The molecule has 0 spiro atoms. The highest BCUT2D eigenvalue weighted by molar-refractivity contribution is 5.53. The van der Waals surface area contributed by atoms with Gasteiger partial charge in [0.2, 0.25) is 0 Å². The number of rotatable bonds is 5. The van der Waals surface area contributed by atoms with Gasteiger partial charge in [-0.3, -0.25) is 9.88 Å². The van der Waals surface area contributed by atoms with Gasteiger partial charge in [-0.15, -0.1) is 0 Å². The van der Waals surface area contributed by atoms with Gasteiger partial charge in [-0.1, -0.05) is 18.2 Å². The minimum atomic E-state index is -0.124. The van der Waals surface area contributed by atoms with Crippen LogP contribution in [0.5, 0.6) is 0 Å². The third kappa shape index (κ3) is 5.17. The Morgan fingerprint density at radius 1 is 0.970 bits per heavy atom. The molecule has 5 rings (SSSR count). The van der Waals surface area contributed by atoms with Gasteiger partial charge in [-0.05, 0) is 39.0 Å². The largest absolute Gasteiger partial charge is 0.354 e. The van der Waals surface area contributed by atoms with Gasteiger partial charge in [-0.2, -0.15) is 0 Å². The lowest BCUT2D eigenvalue weighted by molar-refractivity contribution is 0.201. The second-order valence-electron chi connectivity index (χ2n) is 9.00. The molecule has 2 aliphatic heterocycles. The second kappa shape index (κ2) is 9.89. The molecule has 1 aromatic carbocycles. The number of likely N-dealkylation sites (tertiary alicyclic amines) is 1. The SMILES string of the molecule is CN1CCN(c2cc(C3CCN(Cc4ccccc4F)CC3)nc(-c3cnccn3)n2)CC1. The average molecular weight is 448 g/mol. The fraction of sp³-hybridized carbons (Fsp3) is 0.440. The second-order valence-corrected chi connectivity index (χ2v) is 9.00. The molecule has 0 unspecified atom stereocenters. The summed E-state index contributed by atoms with van der Waals surface area (Å²) in [6, 6.07) is 9.23. The van der Waals surface area contributed by atoms with E-state index in [0.717, 1.165) is 69.2 Å². The summed E-state index contributed by atoms with van der Waals surface area (Å²) in [4.78, 5) is 25.5. The van der Waals surface area contributed by atoms with E-state index < -0.39 is 0 Å². The van der Waals surface area contributed by atoms with Gasteiger partial charge in [0.1, 0.15) is 17.3 Å². The van der Waals surface area contributed by atoms with E-state index in [1.165, 1.54) is 6.07 Å². The Morgan fingerprint density at radius 3 is 2.48 bits per heavy atom. The number of hydrogen-bond donors (Lipinski definition) is 0. The Morgan fingerprint density at radius 2 is 1.76 bits per heavy atom. The number of piperazine rings is 1. The Bertz CT molecular complexity index is 1060. The number of anilines is 1. The smallest absolute Gasteiger partial charge is 0.182 e. The number of likely N-dealkylation sites (N-methyl/N-ethyl adjacent to an activating group) is 1. The molecular formula is C25H30FN7. The zero-order chi connectivity index (χ0) is 22.6. The first kappa shape index (κ1) is 21.9. The topological polar surface area (TPSA) is 61.3 Å². The molecule has 0 N–H and O–H groups in total. The number of hydrogen-bond acceptors (Lipinski definition) is 7. The van der Waals surface area contributed by atoms with Crippen molar-refractivity contribution >= 4 is 5.82 Å². The van der Waals surface area contributed by atoms with Crippen molar-refractivity contribution in [1.82, 2.24) is 29.7 Å². The van der Waals surface area contributed by atoms with Crippen LogP contribution in [0.3, 0.4) is 0 Å². The lowest BCUT2D eigenvalue weighted by Gasteiger charge is -2.34. The van der Waals surface area contributed by atoms with Gasteiger partial charge in [-0.25, -0.2) is 19.3 Å². The summed E-state index contributed by atoms with van der Waals surface area (Å²) in [6.07, 6.45) is 7.06. The van der Waals surface area contributed by atoms with Gasteiger partial charge in [0.15, 0.2) is 5.82 Å². The number of benzene rings is 1. The molecule has 0 bridgehead atoms. The Balaban J connectivity index is 1.35. The lowest BCUT2D eigenvalue weighted by Crippen LogP contribution is -2.45. The Labute approximate surface area is 194 Å². The van der Waals surface area contributed by atoms with Crippen molar-refractivity contribution < 1.29 is 4.39 Å². The van der Waals surface area contributed by atoms with Crippen LogP contribution in [0.15, 0.2) is 48.9 Å². The summed E-state index contributed by atoms with van der Waals surface area (Å²) in [5, 5.41) is 0. The van der Waals surface area contributed by atoms with E-state index in [2.05, 4.69) is 37.8 Å². The quantitative estimate of drug-likeness (QED) is 0.595. The molecule has 0 amide bonds. The van der Waals surface area contributed by atoms with E-state index >= 15 is 0 Å². The fourth-order valence-electron chi connectivity index (χ4n) is 4.64. The monoisotopic (exact) mass is 447 g/mol. The van der Waals surface area contributed by atoms with Gasteiger partial charge < -0.3 is 9.80 Å². The maximum absolute atomic E-state index is 14.1. The minimum Gasteiger partial charge on any atom is -0.354 e. The minimum absolute atomic E-state index is 0.124. The summed E-state index contributed by atoms with van der Waals surface area (Å²) in [5.41, 5.74) is 2.54.